The van der Waals surface area contributed by atoms with Crippen LogP contribution in [-0.2, 0) is 24.1 Å². The number of unbranched alkanes of at least 4 members (excludes halogenated alkanes) is 1. The summed E-state index contributed by atoms with van der Waals surface area (Å²) in [5, 5.41) is -0.152. The van der Waals surface area contributed by atoms with Crippen LogP contribution in [-0.4, -0.2) is 42.3 Å². The minimum Gasteiger partial charge on any atom is -0.493 e. The maximum absolute atomic E-state index is 13.1. The van der Waals surface area contributed by atoms with Crippen LogP contribution in [0.1, 0.15) is 26.2 Å². The lowest BCUT2D eigenvalue weighted by Gasteiger charge is -2.16. The SMILES string of the molecule is CCCOc1cc(OCCCCN)cc(Oc2cc3c(cc2NS(=O)(=O)c2ccccn2)n(C)c(=O)n3C)c1. The summed E-state index contributed by atoms with van der Waals surface area (Å²) >= 11 is 0. The molecule has 0 unspecified atom stereocenters. The average molecular weight is 556 g/mol. The Bertz CT molecular complexity index is 1600. The zero-order valence-corrected chi connectivity index (χ0v) is 23.0. The molecule has 208 valence electrons. The van der Waals surface area contributed by atoms with Gasteiger partial charge in [-0.3, -0.25) is 13.9 Å². The normalized spacial score (nSPS) is 11.5. The molecule has 0 saturated heterocycles. The second-order valence-electron chi connectivity index (χ2n) is 8.95. The molecular weight excluding hydrogens is 522 g/mol. The molecular formula is C27H33N5O6S. The quantitative estimate of drug-likeness (QED) is 0.238. The van der Waals surface area contributed by atoms with Gasteiger partial charge in [-0.25, -0.2) is 9.78 Å². The van der Waals surface area contributed by atoms with Gasteiger partial charge in [-0.2, -0.15) is 8.42 Å². The summed E-state index contributed by atoms with van der Waals surface area (Å²) in [5.41, 5.74) is 6.55. The smallest absolute Gasteiger partial charge is 0.328 e. The maximum Gasteiger partial charge on any atom is 0.328 e. The number of ether oxygens (including phenoxy) is 3. The summed E-state index contributed by atoms with van der Waals surface area (Å²) in [6.07, 6.45) is 3.85. The van der Waals surface area contributed by atoms with Crippen LogP contribution in [0.15, 0.2) is 64.5 Å². The molecule has 0 aliphatic heterocycles. The van der Waals surface area contributed by atoms with Crippen molar-refractivity contribution in [3.05, 3.63) is 65.2 Å². The number of rotatable bonds is 13. The summed E-state index contributed by atoms with van der Waals surface area (Å²) in [6.45, 7) is 3.56. The van der Waals surface area contributed by atoms with E-state index in [9.17, 15) is 13.2 Å². The third kappa shape index (κ3) is 6.52. The van der Waals surface area contributed by atoms with Crippen molar-refractivity contribution < 1.29 is 22.6 Å². The number of nitrogens with one attached hydrogen (secondary N) is 1. The molecule has 0 bridgehead atoms. The summed E-state index contributed by atoms with van der Waals surface area (Å²) in [5.74, 6) is 1.65. The number of aromatic nitrogens is 3. The Kier molecular flexibility index (Phi) is 8.77. The Morgan fingerprint density at radius 2 is 1.59 bits per heavy atom. The Balaban J connectivity index is 1.77. The standard InChI is InChI=1S/C27H33N5O6S/c1-4-12-36-19-14-20(37-13-8-6-10-28)16-21(15-19)38-25-18-24-23(31(2)27(33)32(24)3)17-22(25)30-39(34,35)26-9-5-7-11-29-26/h5,7,9,11,14-18,30H,4,6,8,10,12-13,28H2,1-3H3. The lowest BCUT2D eigenvalue weighted by molar-refractivity contribution is 0.294. The molecule has 2 aromatic heterocycles. The number of imidazole rings is 1. The summed E-state index contributed by atoms with van der Waals surface area (Å²) < 4.78 is 49.7. The lowest BCUT2D eigenvalue weighted by atomic mass is 10.2. The summed E-state index contributed by atoms with van der Waals surface area (Å²) in [7, 11) is -0.800. The number of nitrogens with two attached hydrogens (primary N) is 1. The molecule has 4 aromatic rings. The van der Waals surface area contributed by atoms with Crippen molar-refractivity contribution in [3.63, 3.8) is 0 Å². The molecule has 0 fully saturated rings. The van der Waals surface area contributed by atoms with E-state index in [0.717, 1.165) is 19.3 Å². The summed E-state index contributed by atoms with van der Waals surface area (Å²) in [4.78, 5) is 16.6. The number of sulfonamides is 1. The largest absolute Gasteiger partial charge is 0.493 e. The van der Waals surface area contributed by atoms with Crippen molar-refractivity contribution in [2.75, 3.05) is 24.5 Å². The van der Waals surface area contributed by atoms with Gasteiger partial charge in [0.15, 0.2) is 10.8 Å². The van der Waals surface area contributed by atoms with Gasteiger partial charge >= 0.3 is 5.69 Å². The van der Waals surface area contributed by atoms with Crippen LogP contribution in [0, 0.1) is 0 Å². The number of benzene rings is 2. The second kappa shape index (κ2) is 12.2. The van der Waals surface area contributed by atoms with Crippen LogP contribution in [0.2, 0.25) is 0 Å². The van der Waals surface area contributed by atoms with Crippen molar-refractivity contribution in [2.45, 2.75) is 31.2 Å². The molecule has 0 amide bonds. The Morgan fingerprint density at radius 1 is 0.923 bits per heavy atom. The van der Waals surface area contributed by atoms with Crippen molar-refractivity contribution >= 4 is 26.7 Å². The molecule has 11 nitrogen and oxygen atoms in total. The molecule has 0 aliphatic carbocycles. The van der Waals surface area contributed by atoms with Crippen molar-refractivity contribution in [1.29, 1.82) is 0 Å². The van der Waals surface area contributed by atoms with Crippen LogP contribution in [0.3, 0.4) is 0 Å². The average Bonchev–Trinajstić information content (AvgIpc) is 3.13. The van der Waals surface area contributed by atoms with E-state index in [2.05, 4.69) is 9.71 Å². The number of anilines is 1. The van der Waals surface area contributed by atoms with Gasteiger partial charge < -0.3 is 19.9 Å². The van der Waals surface area contributed by atoms with Crippen LogP contribution in [0.5, 0.6) is 23.0 Å². The van der Waals surface area contributed by atoms with Crippen molar-refractivity contribution in [1.82, 2.24) is 14.1 Å². The summed E-state index contributed by atoms with van der Waals surface area (Å²) in [6, 6.07) is 13.0. The fourth-order valence-corrected chi connectivity index (χ4v) is 4.96. The monoisotopic (exact) mass is 555 g/mol. The fraction of sp³-hybridized carbons (Fsp3) is 0.333. The number of hydrogen-bond acceptors (Lipinski definition) is 8. The fourth-order valence-electron chi connectivity index (χ4n) is 3.95. The van der Waals surface area contributed by atoms with Gasteiger partial charge in [0.2, 0.25) is 0 Å². The van der Waals surface area contributed by atoms with Gasteiger partial charge in [-0.1, -0.05) is 13.0 Å². The predicted octanol–water partition coefficient (Wildman–Crippen LogP) is 3.77. The molecule has 0 spiro atoms. The third-order valence-corrected chi connectivity index (χ3v) is 7.23. The zero-order valence-electron chi connectivity index (χ0n) is 22.2. The highest BCUT2D eigenvalue weighted by molar-refractivity contribution is 7.92. The van der Waals surface area contributed by atoms with Gasteiger partial charge in [0.1, 0.15) is 17.2 Å². The lowest BCUT2D eigenvalue weighted by Crippen LogP contribution is -2.19. The first-order chi connectivity index (χ1) is 18.7. The molecule has 4 rings (SSSR count). The Labute approximate surface area is 227 Å². The van der Waals surface area contributed by atoms with E-state index in [4.69, 9.17) is 19.9 Å². The third-order valence-electron chi connectivity index (χ3n) is 5.95. The Morgan fingerprint density at radius 3 is 2.23 bits per heavy atom. The second-order valence-corrected chi connectivity index (χ2v) is 10.6. The minimum absolute atomic E-state index is 0.139. The highest BCUT2D eigenvalue weighted by atomic mass is 32.2. The number of fused-ring (bicyclic) bond motifs is 1. The number of hydrogen-bond donors (Lipinski definition) is 2. The van der Waals surface area contributed by atoms with E-state index < -0.39 is 10.0 Å². The number of aryl methyl sites for hydroxylation is 2. The Hall–Kier alpha value is -4.03. The van der Waals surface area contributed by atoms with Crippen molar-refractivity contribution in [3.8, 4) is 23.0 Å². The highest BCUT2D eigenvalue weighted by Gasteiger charge is 2.21. The molecule has 3 N–H and O–H groups in total. The number of pyridine rings is 1. The van der Waals surface area contributed by atoms with Gasteiger partial charge in [0.05, 0.1) is 29.9 Å². The van der Waals surface area contributed by atoms with Crippen LogP contribution >= 0.6 is 0 Å². The van der Waals surface area contributed by atoms with E-state index in [1.54, 1.807) is 56.6 Å². The molecule has 2 aromatic carbocycles. The highest BCUT2D eigenvalue weighted by Crippen LogP contribution is 2.37. The molecule has 0 atom stereocenters. The molecule has 39 heavy (non-hydrogen) atoms. The van der Waals surface area contributed by atoms with Gasteiger partial charge in [-0.05, 0) is 44.0 Å². The van der Waals surface area contributed by atoms with E-state index in [1.165, 1.54) is 21.4 Å². The van der Waals surface area contributed by atoms with E-state index in [-0.39, 0.29) is 22.2 Å². The molecule has 0 saturated carbocycles. The van der Waals surface area contributed by atoms with Gasteiger partial charge in [0, 0.05) is 44.6 Å². The minimum atomic E-state index is -4.05. The van der Waals surface area contributed by atoms with Crippen molar-refractivity contribution in [2.24, 2.45) is 19.8 Å². The van der Waals surface area contributed by atoms with Gasteiger partial charge in [0.25, 0.3) is 10.0 Å². The zero-order chi connectivity index (χ0) is 28.0. The predicted molar refractivity (Wildman–Crippen MR) is 149 cm³/mol. The van der Waals surface area contributed by atoms with Gasteiger partial charge in [-0.15, -0.1) is 0 Å². The first-order valence-corrected chi connectivity index (χ1v) is 14.1. The molecule has 12 heteroatoms. The molecule has 0 radical (unpaired) electrons. The maximum atomic E-state index is 13.1. The van der Waals surface area contributed by atoms with Crippen LogP contribution in [0.4, 0.5) is 5.69 Å². The number of nitrogens with zero attached hydrogens (tertiary/aromatic N) is 3. The first-order valence-electron chi connectivity index (χ1n) is 12.7. The van der Waals surface area contributed by atoms with Crippen LogP contribution in [0.25, 0.3) is 11.0 Å². The van der Waals surface area contributed by atoms with Crippen LogP contribution < -0.4 is 30.4 Å². The first kappa shape index (κ1) is 28.0. The van der Waals surface area contributed by atoms with E-state index in [1.807, 2.05) is 6.92 Å². The topological polar surface area (TPSA) is 140 Å². The van der Waals surface area contributed by atoms with E-state index >= 15 is 0 Å². The van der Waals surface area contributed by atoms with E-state index in [0.29, 0.717) is 48.0 Å². The molecule has 0 aliphatic rings. The molecule has 2 heterocycles.